The number of hydrogen-bond donors (Lipinski definition) is 0. The van der Waals surface area contributed by atoms with E-state index >= 15 is 0 Å². The molecule has 1 unspecified atom stereocenters. The van der Waals surface area contributed by atoms with Crippen molar-refractivity contribution in [3.63, 3.8) is 0 Å². The van der Waals surface area contributed by atoms with E-state index in [9.17, 15) is 0 Å². The molecule has 1 atom stereocenters. The van der Waals surface area contributed by atoms with Gasteiger partial charge in [0.15, 0.2) is 0 Å². The van der Waals surface area contributed by atoms with Crippen LogP contribution in [0.25, 0.3) is 0 Å². The van der Waals surface area contributed by atoms with Gasteiger partial charge in [0.25, 0.3) is 0 Å². The Bertz CT molecular complexity index is 1280. The summed E-state index contributed by atoms with van der Waals surface area (Å²) in [6.45, 7) is 16.5. The third-order valence-corrected chi connectivity index (χ3v) is 10.2. The number of rotatable bonds is 6. The highest BCUT2D eigenvalue weighted by Crippen LogP contribution is 2.48. The fourth-order valence-electron chi connectivity index (χ4n) is 5.96. The molecule has 2 heterocycles. The molecule has 2 fully saturated rings. The molecule has 2 saturated heterocycles. The molecular weight excluding hydrogens is 565 g/mol. The third-order valence-electron chi connectivity index (χ3n) is 10.2. The van der Waals surface area contributed by atoms with Gasteiger partial charge in [0.1, 0.15) is 11.0 Å². The Balaban J connectivity index is 0.00000384. The lowest BCUT2D eigenvalue weighted by molar-refractivity contribution is -0.0110. The van der Waals surface area contributed by atoms with Gasteiger partial charge in [0.2, 0.25) is 0 Å². The molecule has 44 heavy (non-hydrogen) atoms. The lowest BCUT2D eigenvalue weighted by Crippen LogP contribution is -2.59. The normalized spacial score (nSPS) is 32.5. The molecule has 2 aliphatic heterocycles. The fraction of sp³-hybridized carbons (Fsp3) is 0.444. The molecular formula is C36H47B2O5P. The van der Waals surface area contributed by atoms with Crippen LogP contribution < -0.4 is 0 Å². The van der Waals surface area contributed by atoms with Crippen molar-refractivity contribution in [2.75, 3.05) is 0 Å². The van der Waals surface area contributed by atoms with Crippen LogP contribution in [0.3, 0.4) is 0 Å². The summed E-state index contributed by atoms with van der Waals surface area (Å²) in [5, 5.41) is 0. The largest absolute Gasteiger partial charge is 0.500 e. The molecule has 2 aliphatic carbocycles. The fourth-order valence-corrected chi connectivity index (χ4v) is 5.96. The van der Waals surface area contributed by atoms with Crippen LogP contribution in [-0.2, 0) is 23.4 Å². The minimum atomic E-state index is -1.06. The molecule has 0 bridgehead atoms. The van der Waals surface area contributed by atoms with Crippen molar-refractivity contribution < 1.29 is 23.4 Å². The Kier molecular flexibility index (Phi) is 8.68. The van der Waals surface area contributed by atoms with E-state index < -0.39 is 47.6 Å². The van der Waals surface area contributed by atoms with Gasteiger partial charge in [-0.25, -0.2) is 0 Å². The maximum absolute atomic E-state index is 7.37. The second-order valence-corrected chi connectivity index (χ2v) is 14.3. The van der Waals surface area contributed by atoms with E-state index in [4.69, 9.17) is 23.4 Å². The zero-order valence-corrected chi connectivity index (χ0v) is 28.9. The van der Waals surface area contributed by atoms with E-state index in [-0.39, 0.29) is 21.7 Å². The van der Waals surface area contributed by atoms with Crippen LogP contribution in [0.4, 0.5) is 0 Å². The first-order valence-electron chi connectivity index (χ1n) is 15.5. The number of allylic oxidation sites excluding steroid dienone is 4. The van der Waals surface area contributed by atoms with Crippen molar-refractivity contribution in [2.45, 2.75) is 101 Å². The van der Waals surface area contributed by atoms with Crippen molar-refractivity contribution in [1.29, 1.82) is 0 Å². The summed E-state index contributed by atoms with van der Waals surface area (Å²) >= 11 is 0. The molecule has 232 valence electrons. The van der Waals surface area contributed by atoms with Gasteiger partial charge in [-0.15, -0.1) is 0 Å². The zero-order chi connectivity index (χ0) is 30.7. The molecule has 0 aromatic heterocycles. The molecule has 0 radical (unpaired) electrons. The average Bonchev–Trinajstić information content (AvgIpc) is 3.35. The second-order valence-electron chi connectivity index (χ2n) is 14.3. The number of benzene rings is 2. The second kappa shape index (κ2) is 11.5. The standard InChI is InChI=1S/C36H44B2O5.H3P/c1-31(2)32(3,4)41-37(40-31)35(23-19-29(20-24-35)27-15-11-9-12-16-27)39-36(38-42-33(5,6)34(7,8)43-38)25-21-30(22-26-36)28-17-13-10-14-18-28;/h9-26,29-30H,1-8H3;1H3. The SMILES string of the molecule is CC1(C)OB(C2(OC3(B4OC(C)(C)C(C)(C)O4)C=CC(c4ccccc4)C=C3)C=CC(c3ccccc3)C=C2)OC1(C)C.P. The molecule has 0 N–H and O–H groups in total. The van der Waals surface area contributed by atoms with E-state index in [1.54, 1.807) is 0 Å². The van der Waals surface area contributed by atoms with Crippen molar-refractivity contribution in [3.8, 4) is 0 Å². The monoisotopic (exact) mass is 612 g/mol. The highest BCUT2D eigenvalue weighted by molar-refractivity contribution is 6.92. The average molecular weight is 612 g/mol. The van der Waals surface area contributed by atoms with Gasteiger partial charge in [0.05, 0.1) is 22.4 Å². The van der Waals surface area contributed by atoms with Gasteiger partial charge in [-0.05, 0) is 66.5 Å². The molecule has 6 rings (SSSR count). The van der Waals surface area contributed by atoms with Crippen molar-refractivity contribution in [2.24, 2.45) is 0 Å². The van der Waals surface area contributed by atoms with Gasteiger partial charge in [0, 0.05) is 11.8 Å². The maximum atomic E-state index is 7.37. The maximum Gasteiger partial charge on any atom is 0.500 e. The Morgan fingerprint density at radius 2 is 0.750 bits per heavy atom. The van der Waals surface area contributed by atoms with Gasteiger partial charge in [-0.3, -0.25) is 0 Å². The summed E-state index contributed by atoms with van der Waals surface area (Å²) in [5.74, 6) is 0.209. The molecule has 4 aliphatic rings. The van der Waals surface area contributed by atoms with Gasteiger partial charge < -0.3 is 23.4 Å². The third kappa shape index (κ3) is 5.77. The molecule has 2 aromatic carbocycles. The summed E-state index contributed by atoms with van der Waals surface area (Å²) in [7, 11) is -1.40. The molecule has 5 nitrogen and oxygen atoms in total. The van der Waals surface area contributed by atoms with Crippen LogP contribution in [0.5, 0.6) is 0 Å². The molecule has 0 amide bonds. The summed E-state index contributed by atoms with van der Waals surface area (Å²) in [6.07, 6.45) is 17.1. The van der Waals surface area contributed by atoms with E-state index in [0.29, 0.717) is 0 Å². The van der Waals surface area contributed by atoms with Crippen molar-refractivity contribution in [3.05, 3.63) is 120 Å². The molecule has 2 aromatic rings. The van der Waals surface area contributed by atoms with Gasteiger partial charge >= 0.3 is 14.2 Å². The quantitative estimate of drug-likeness (QED) is 0.191. The summed E-state index contributed by atoms with van der Waals surface area (Å²) < 4.78 is 34.1. The van der Waals surface area contributed by atoms with E-state index in [1.165, 1.54) is 11.1 Å². The predicted molar refractivity (Wildman–Crippen MR) is 185 cm³/mol. The Labute approximate surface area is 268 Å². The lowest BCUT2D eigenvalue weighted by atomic mass is 9.59. The van der Waals surface area contributed by atoms with Crippen LogP contribution in [-0.4, -0.2) is 47.6 Å². The molecule has 8 heteroatoms. The van der Waals surface area contributed by atoms with Crippen molar-refractivity contribution in [1.82, 2.24) is 0 Å². The lowest BCUT2D eigenvalue weighted by Gasteiger charge is -2.42. The van der Waals surface area contributed by atoms with Gasteiger partial charge in [-0.2, -0.15) is 9.90 Å². The van der Waals surface area contributed by atoms with Crippen LogP contribution in [0, 0.1) is 0 Å². The first kappa shape index (κ1) is 33.1. The van der Waals surface area contributed by atoms with Crippen LogP contribution in [0.1, 0.15) is 78.4 Å². The Hall–Kier alpha value is -2.24. The first-order valence-corrected chi connectivity index (χ1v) is 15.5. The topological polar surface area (TPSA) is 46.2 Å². The van der Waals surface area contributed by atoms with Crippen LogP contribution >= 0.6 is 9.90 Å². The van der Waals surface area contributed by atoms with Crippen LogP contribution in [0.15, 0.2) is 109 Å². The first-order chi connectivity index (χ1) is 20.2. The number of ether oxygens (including phenoxy) is 1. The summed E-state index contributed by atoms with van der Waals surface area (Å²) in [4.78, 5) is 0. The Morgan fingerprint density at radius 1 is 0.477 bits per heavy atom. The Morgan fingerprint density at radius 3 is 1.02 bits per heavy atom. The summed E-state index contributed by atoms with van der Waals surface area (Å²) in [5.41, 5.74) is -1.87. The molecule has 0 saturated carbocycles. The smallest absolute Gasteiger partial charge is 0.401 e. The molecule has 0 spiro atoms. The van der Waals surface area contributed by atoms with E-state index in [1.807, 2.05) is 12.1 Å². The zero-order valence-electron chi connectivity index (χ0n) is 27.5. The highest BCUT2D eigenvalue weighted by Gasteiger charge is 2.65. The van der Waals surface area contributed by atoms with Crippen molar-refractivity contribution >= 4 is 24.1 Å². The number of hydrogen-bond acceptors (Lipinski definition) is 5. The minimum absolute atomic E-state index is 0. The summed E-state index contributed by atoms with van der Waals surface area (Å²) in [6, 6.07) is 20.9. The highest BCUT2D eigenvalue weighted by atomic mass is 31.0. The predicted octanol–water partition coefficient (Wildman–Crippen LogP) is 7.62. The van der Waals surface area contributed by atoms with Gasteiger partial charge in [-0.1, -0.05) is 109 Å². The van der Waals surface area contributed by atoms with Crippen LogP contribution in [0.2, 0.25) is 0 Å². The minimum Gasteiger partial charge on any atom is -0.401 e. The van der Waals surface area contributed by atoms with E-state index in [2.05, 4.69) is 153 Å². The van der Waals surface area contributed by atoms with E-state index in [0.717, 1.165) is 0 Å².